The monoisotopic (exact) mass is 419 g/mol. The summed E-state index contributed by atoms with van der Waals surface area (Å²) in [5, 5.41) is 5.50. The number of rotatable bonds is 4. The molecule has 0 aliphatic rings. The van der Waals surface area contributed by atoms with Crippen LogP contribution in [-0.2, 0) is 16.2 Å². The Morgan fingerprint density at radius 1 is 1.15 bits per heavy atom. The molecular formula is C16H13F4N3O2S2. The molecule has 27 heavy (non-hydrogen) atoms. The van der Waals surface area contributed by atoms with Crippen molar-refractivity contribution >= 4 is 27.0 Å². The second-order valence-electron chi connectivity index (χ2n) is 5.76. The lowest BCUT2D eigenvalue weighted by Gasteiger charge is -2.10. The lowest BCUT2D eigenvalue weighted by Crippen LogP contribution is -2.14. The van der Waals surface area contributed by atoms with Crippen molar-refractivity contribution in [1.29, 1.82) is 0 Å². The van der Waals surface area contributed by atoms with Gasteiger partial charge in [-0.05, 0) is 49.7 Å². The van der Waals surface area contributed by atoms with Crippen molar-refractivity contribution in [2.75, 3.05) is 4.72 Å². The van der Waals surface area contributed by atoms with Gasteiger partial charge >= 0.3 is 6.18 Å². The van der Waals surface area contributed by atoms with E-state index >= 15 is 0 Å². The summed E-state index contributed by atoms with van der Waals surface area (Å²) in [7, 11) is -4.01. The Morgan fingerprint density at radius 3 is 2.44 bits per heavy atom. The predicted molar refractivity (Wildman–Crippen MR) is 93.6 cm³/mol. The Hall–Kier alpha value is -2.40. The van der Waals surface area contributed by atoms with Crippen molar-refractivity contribution in [3.8, 4) is 10.6 Å². The van der Waals surface area contributed by atoms with E-state index in [0.717, 1.165) is 23.5 Å². The van der Waals surface area contributed by atoms with E-state index in [9.17, 15) is 26.0 Å². The molecule has 3 rings (SSSR count). The van der Waals surface area contributed by atoms with Gasteiger partial charge in [0.2, 0.25) is 0 Å². The Kier molecular flexibility index (Phi) is 4.76. The average molecular weight is 419 g/mol. The maximum atomic E-state index is 13.2. The number of halogens is 4. The molecule has 0 unspecified atom stereocenters. The molecule has 0 spiro atoms. The summed E-state index contributed by atoms with van der Waals surface area (Å²) in [5.41, 5.74) is -0.417. The molecule has 0 atom stereocenters. The Labute approximate surface area is 156 Å². The van der Waals surface area contributed by atoms with Gasteiger partial charge in [-0.15, -0.1) is 11.3 Å². The topological polar surface area (TPSA) is 74.8 Å². The first-order valence-electron chi connectivity index (χ1n) is 7.50. The number of sulfonamides is 1. The van der Waals surface area contributed by atoms with Crippen LogP contribution in [0.5, 0.6) is 0 Å². The number of nitrogens with one attached hydrogen (secondary N) is 2. The zero-order valence-corrected chi connectivity index (χ0v) is 15.6. The number of thiophene rings is 1. The van der Waals surface area contributed by atoms with E-state index < -0.39 is 27.7 Å². The van der Waals surface area contributed by atoms with Crippen molar-refractivity contribution in [2.24, 2.45) is 0 Å². The average Bonchev–Trinajstić information content (AvgIpc) is 3.16. The third-order valence-electron chi connectivity index (χ3n) is 3.73. The molecule has 0 saturated carbocycles. The third kappa shape index (κ3) is 3.98. The predicted octanol–water partition coefficient (Wildman–Crippen LogP) is 4.71. The molecule has 3 aromatic rings. The second kappa shape index (κ2) is 6.64. The first-order chi connectivity index (χ1) is 12.5. The number of aromatic amines is 1. The van der Waals surface area contributed by atoms with Crippen LogP contribution in [0.1, 0.15) is 16.1 Å². The zero-order valence-electron chi connectivity index (χ0n) is 14.0. The van der Waals surface area contributed by atoms with E-state index in [4.69, 9.17) is 0 Å². The van der Waals surface area contributed by atoms with Gasteiger partial charge in [-0.25, -0.2) is 12.8 Å². The molecule has 0 radical (unpaired) electrons. The number of alkyl halides is 3. The number of hydrogen-bond acceptors (Lipinski definition) is 4. The first kappa shape index (κ1) is 19.4. The molecule has 11 heteroatoms. The van der Waals surface area contributed by atoms with Crippen LogP contribution >= 0.6 is 11.3 Å². The van der Waals surface area contributed by atoms with Crippen LogP contribution in [-0.4, -0.2) is 18.6 Å². The van der Waals surface area contributed by atoms with Gasteiger partial charge in [0.15, 0.2) is 0 Å². The fourth-order valence-electron chi connectivity index (χ4n) is 2.39. The standard InChI is InChI=1S/C16H13F4N3O2S2/c1-8-5-10(17)3-4-11(8)23-27(24,25)14-7-13(26-9(14)2)12-6-15(22-21-12)16(18,19)20/h3-7,23H,1-2H3,(H,21,22). The first-order valence-corrected chi connectivity index (χ1v) is 9.80. The summed E-state index contributed by atoms with van der Waals surface area (Å²) in [4.78, 5) is 0.576. The van der Waals surface area contributed by atoms with Gasteiger partial charge < -0.3 is 0 Å². The van der Waals surface area contributed by atoms with Crippen LogP contribution in [0.4, 0.5) is 23.2 Å². The molecule has 0 amide bonds. The number of aromatic nitrogens is 2. The maximum absolute atomic E-state index is 13.2. The quantitative estimate of drug-likeness (QED) is 0.602. The van der Waals surface area contributed by atoms with Crippen molar-refractivity contribution < 1.29 is 26.0 Å². The van der Waals surface area contributed by atoms with Crippen LogP contribution in [0.2, 0.25) is 0 Å². The molecule has 0 aliphatic heterocycles. The van der Waals surface area contributed by atoms with Crippen molar-refractivity contribution in [2.45, 2.75) is 24.9 Å². The van der Waals surface area contributed by atoms with E-state index in [0.29, 0.717) is 10.4 Å². The second-order valence-corrected chi connectivity index (χ2v) is 8.67. The SMILES string of the molecule is Cc1cc(F)ccc1NS(=O)(=O)c1cc(-c2cc(C(F)(F)F)[nH]n2)sc1C. The number of hydrogen-bond donors (Lipinski definition) is 2. The summed E-state index contributed by atoms with van der Waals surface area (Å²) in [6.45, 7) is 3.09. The molecular weight excluding hydrogens is 406 g/mol. The summed E-state index contributed by atoms with van der Waals surface area (Å²) in [6.07, 6.45) is -4.58. The van der Waals surface area contributed by atoms with E-state index in [1.165, 1.54) is 25.1 Å². The van der Waals surface area contributed by atoms with Gasteiger partial charge in [0.05, 0.1) is 10.6 Å². The third-order valence-corrected chi connectivity index (χ3v) is 6.42. The van der Waals surface area contributed by atoms with Gasteiger partial charge in [-0.2, -0.15) is 18.3 Å². The smallest absolute Gasteiger partial charge is 0.279 e. The lowest BCUT2D eigenvalue weighted by molar-refractivity contribution is -0.141. The molecule has 0 saturated heterocycles. The number of benzene rings is 1. The highest BCUT2D eigenvalue weighted by Gasteiger charge is 2.33. The van der Waals surface area contributed by atoms with Gasteiger partial charge in [-0.3, -0.25) is 9.82 Å². The minimum Gasteiger partial charge on any atom is -0.279 e. The molecule has 0 aliphatic carbocycles. The molecule has 0 fully saturated rings. The van der Waals surface area contributed by atoms with Gasteiger partial charge in [0.1, 0.15) is 22.1 Å². The highest BCUT2D eigenvalue weighted by atomic mass is 32.2. The number of anilines is 1. The molecule has 0 bridgehead atoms. The number of aryl methyl sites for hydroxylation is 2. The summed E-state index contributed by atoms with van der Waals surface area (Å²) < 4.78 is 79.0. The van der Waals surface area contributed by atoms with Crippen LogP contribution in [0.15, 0.2) is 35.2 Å². The summed E-state index contributed by atoms with van der Waals surface area (Å²) in [6, 6.07) is 5.69. The van der Waals surface area contributed by atoms with E-state index in [1.54, 1.807) is 6.92 Å². The molecule has 2 heterocycles. The number of H-pyrrole nitrogens is 1. The highest BCUT2D eigenvalue weighted by Crippen LogP contribution is 2.36. The van der Waals surface area contributed by atoms with Crippen molar-refractivity contribution in [3.05, 3.63) is 52.3 Å². The van der Waals surface area contributed by atoms with Crippen molar-refractivity contribution in [3.63, 3.8) is 0 Å². The Bertz CT molecular complexity index is 1100. The molecule has 2 aromatic heterocycles. The minimum absolute atomic E-state index is 0.00478. The highest BCUT2D eigenvalue weighted by molar-refractivity contribution is 7.93. The fraction of sp³-hybridized carbons (Fsp3) is 0.188. The van der Waals surface area contributed by atoms with Gasteiger partial charge in [0, 0.05) is 4.88 Å². The van der Waals surface area contributed by atoms with Crippen LogP contribution in [0.3, 0.4) is 0 Å². The molecule has 144 valence electrons. The zero-order chi connectivity index (χ0) is 20.0. The Balaban J connectivity index is 1.94. The van der Waals surface area contributed by atoms with Crippen LogP contribution < -0.4 is 4.72 Å². The fourth-order valence-corrected chi connectivity index (χ4v) is 5.08. The molecule has 2 N–H and O–H groups in total. The van der Waals surface area contributed by atoms with E-state index in [2.05, 4.69) is 9.82 Å². The maximum Gasteiger partial charge on any atom is 0.432 e. The minimum atomic E-state index is -4.58. The van der Waals surface area contributed by atoms with E-state index in [-0.39, 0.29) is 21.2 Å². The van der Waals surface area contributed by atoms with Crippen LogP contribution in [0, 0.1) is 19.7 Å². The number of nitrogens with zero attached hydrogens (tertiary/aromatic N) is 1. The summed E-state index contributed by atoms with van der Waals surface area (Å²) in [5.74, 6) is -0.497. The molecule has 1 aromatic carbocycles. The van der Waals surface area contributed by atoms with Crippen molar-refractivity contribution in [1.82, 2.24) is 10.2 Å². The normalized spacial score (nSPS) is 12.4. The largest absolute Gasteiger partial charge is 0.432 e. The Morgan fingerprint density at radius 2 is 1.85 bits per heavy atom. The molecule has 5 nitrogen and oxygen atoms in total. The van der Waals surface area contributed by atoms with Gasteiger partial charge in [-0.1, -0.05) is 0 Å². The van der Waals surface area contributed by atoms with Crippen LogP contribution in [0.25, 0.3) is 10.6 Å². The summed E-state index contributed by atoms with van der Waals surface area (Å²) >= 11 is 1.01. The van der Waals surface area contributed by atoms with E-state index in [1.807, 2.05) is 5.10 Å². The van der Waals surface area contributed by atoms with Gasteiger partial charge in [0.25, 0.3) is 10.0 Å². The lowest BCUT2D eigenvalue weighted by atomic mass is 10.2.